The minimum atomic E-state index is -0.720. The first kappa shape index (κ1) is 25.7. The average Bonchev–Trinajstić information content (AvgIpc) is 3.69. The van der Waals surface area contributed by atoms with Crippen LogP contribution in [0.25, 0.3) is 28.1 Å². The summed E-state index contributed by atoms with van der Waals surface area (Å²) in [6.45, 7) is 0. The van der Waals surface area contributed by atoms with Gasteiger partial charge in [0, 0.05) is 33.6 Å². The maximum Gasteiger partial charge on any atom is 0.411 e. The van der Waals surface area contributed by atoms with Crippen molar-refractivity contribution < 1.29 is 13.9 Å². The number of methoxy groups -OCH3 is 1. The standard InChI is InChI=1S/C26H19Cl2FN8O3/c1-40-26(39)31-15-3-5-17(19(29)11-15)23-24(28)33-25(32-23)21-7-4-16-8-13(9-22(38)37(16)21)18-10-14(27)2-6-20(18)36-12-30-34-35-36/h2-3,5-6,8-12,21H,4,7H2,1H3,(H,31,39)(H,32,33). The molecule has 5 aromatic rings. The Morgan fingerprint density at radius 1 is 1.15 bits per heavy atom. The maximum absolute atomic E-state index is 14.9. The maximum atomic E-state index is 14.9. The lowest BCUT2D eigenvalue weighted by atomic mass is 10.0. The van der Waals surface area contributed by atoms with Crippen LogP contribution in [0.2, 0.25) is 10.2 Å². The molecule has 14 heteroatoms. The highest BCUT2D eigenvalue weighted by Crippen LogP contribution is 2.36. The first-order valence-electron chi connectivity index (χ1n) is 12.0. The van der Waals surface area contributed by atoms with Crippen molar-refractivity contribution in [1.29, 1.82) is 0 Å². The third kappa shape index (κ3) is 4.61. The highest BCUT2D eigenvalue weighted by Gasteiger charge is 2.29. The van der Waals surface area contributed by atoms with E-state index in [9.17, 15) is 14.0 Å². The summed E-state index contributed by atoms with van der Waals surface area (Å²) < 4.78 is 22.6. The molecule has 2 N–H and O–H groups in total. The van der Waals surface area contributed by atoms with Crippen LogP contribution in [0.5, 0.6) is 0 Å². The number of carbonyl (C=O) groups is 1. The smallest absolute Gasteiger partial charge is 0.411 e. The van der Waals surface area contributed by atoms with Gasteiger partial charge in [-0.15, -0.1) is 5.10 Å². The topological polar surface area (TPSA) is 133 Å². The number of aromatic nitrogens is 7. The number of fused-ring (bicyclic) bond motifs is 1. The van der Waals surface area contributed by atoms with Crippen molar-refractivity contribution in [3.8, 4) is 28.1 Å². The zero-order valence-electron chi connectivity index (χ0n) is 20.7. The summed E-state index contributed by atoms with van der Waals surface area (Å²) in [7, 11) is 1.21. The van der Waals surface area contributed by atoms with E-state index in [2.05, 4.69) is 35.5 Å². The Morgan fingerprint density at radius 2 is 2.00 bits per heavy atom. The molecule has 0 saturated carbocycles. The van der Waals surface area contributed by atoms with Crippen molar-refractivity contribution in [3.63, 3.8) is 0 Å². The number of ether oxygens (including phenoxy) is 1. The molecule has 1 aliphatic heterocycles. The fraction of sp³-hybridized carbons (Fsp3) is 0.154. The van der Waals surface area contributed by atoms with Gasteiger partial charge in [0.05, 0.1) is 18.8 Å². The van der Waals surface area contributed by atoms with Crippen LogP contribution in [0.1, 0.15) is 24.0 Å². The number of benzene rings is 2. The van der Waals surface area contributed by atoms with Gasteiger partial charge < -0.3 is 14.3 Å². The average molecular weight is 581 g/mol. The van der Waals surface area contributed by atoms with Gasteiger partial charge in [0.25, 0.3) is 5.56 Å². The fourth-order valence-electron chi connectivity index (χ4n) is 4.88. The number of carbonyl (C=O) groups excluding carboxylic acids is 1. The second kappa shape index (κ2) is 10.2. The molecule has 4 heterocycles. The molecule has 3 aromatic heterocycles. The predicted octanol–water partition coefficient (Wildman–Crippen LogP) is 5.04. The zero-order valence-corrected chi connectivity index (χ0v) is 22.2. The molecule has 0 saturated heterocycles. The lowest BCUT2D eigenvalue weighted by Crippen LogP contribution is -2.24. The molecule has 1 amide bonds. The number of pyridine rings is 1. The van der Waals surface area contributed by atoms with Crippen LogP contribution in [0.15, 0.2) is 59.7 Å². The normalized spacial score (nSPS) is 14.2. The van der Waals surface area contributed by atoms with E-state index >= 15 is 0 Å². The van der Waals surface area contributed by atoms with Crippen molar-refractivity contribution in [2.45, 2.75) is 18.9 Å². The van der Waals surface area contributed by atoms with E-state index in [4.69, 9.17) is 23.2 Å². The molecular weight excluding hydrogens is 562 g/mol. The monoisotopic (exact) mass is 580 g/mol. The first-order chi connectivity index (χ1) is 19.3. The number of rotatable bonds is 5. The van der Waals surface area contributed by atoms with E-state index in [-0.39, 0.29) is 27.7 Å². The molecule has 11 nitrogen and oxygen atoms in total. The molecule has 1 atom stereocenters. The summed E-state index contributed by atoms with van der Waals surface area (Å²) in [5.41, 5.74) is 3.16. The number of anilines is 1. The largest absolute Gasteiger partial charge is 0.453 e. The molecule has 2 aromatic carbocycles. The summed E-state index contributed by atoms with van der Waals surface area (Å²) in [4.78, 5) is 32.5. The SMILES string of the molecule is COC(=O)Nc1ccc(-c2nc(C3CCc4cc(-c5cc(Cl)ccc5-n5cnnn5)cc(=O)n43)[nH]c2Cl)c(F)c1. The van der Waals surface area contributed by atoms with E-state index in [1.54, 1.807) is 22.8 Å². The Kier molecular flexibility index (Phi) is 6.56. The van der Waals surface area contributed by atoms with Crippen molar-refractivity contribution >= 4 is 35.0 Å². The number of tetrazole rings is 1. The van der Waals surface area contributed by atoms with Crippen LogP contribution in [-0.4, -0.2) is 47.9 Å². The number of nitrogens with one attached hydrogen (secondary N) is 2. The molecule has 0 radical (unpaired) electrons. The summed E-state index contributed by atoms with van der Waals surface area (Å²) in [6, 6.07) is 12.4. The third-order valence-corrected chi connectivity index (χ3v) is 7.16. The number of imidazole rings is 1. The van der Waals surface area contributed by atoms with Crippen LogP contribution in [0, 0.1) is 5.82 Å². The molecule has 0 bridgehead atoms. The van der Waals surface area contributed by atoms with E-state index < -0.39 is 18.0 Å². The summed E-state index contributed by atoms with van der Waals surface area (Å²) in [5.74, 6) is -0.204. The lowest BCUT2D eigenvalue weighted by molar-refractivity contribution is 0.187. The summed E-state index contributed by atoms with van der Waals surface area (Å²) in [6.07, 6.45) is 1.93. The van der Waals surface area contributed by atoms with Crippen molar-refractivity contribution in [2.24, 2.45) is 0 Å². The predicted molar refractivity (Wildman–Crippen MR) is 145 cm³/mol. The quantitative estimate of drug-likeness (QED) is 0.297. The molecule has 1 unspecified atom stereocenters. The number of H-pyrrole nitrogens is 1. The molecule has 6 rings (SSSR count). The van der Waals surface area contributed by atoms with E-state index in [0.717, 1.165) is 11.8 Å². The van der Waals surface area contributed by atoms with Crippen LogP contribution in [0.3, 0.4) is 0 Å². The number of hydrogen-bond donors (Lipinski definition) is 2. The fourth-order valence-corrected chi connectivity index (χ4v) is 5.29. The minimum absolute atomic E-state index is 0.130. The Morgan fingerprint density at radius 3 is 2.75 bits per heavy atom. The van der Waals surface area contributed by atoms with E-state index in [1.807, 2.05) is 6.07 Å². The van der Waals surface area contributed by atoms with E-state index in [1.165, 1.54) is 36.3 Å². The molecule has 40 heavy (non-hydrogen) atoms. The Labute approximate surface area is 235 Å². The summed E-state index contributed by atoms with van der Waals surface area (Å²) in [5, 5.41) is 14.4. The second-order valence-electron chi connectivity index (χ2n) is 9.01. The highest BCUT2D eigenvalue weighted by atomic mass is 35.5. The molecule has 0 spiro atoms. The van der Waals surface area contributed by atoms with Gasteiger partial charge in [-0.25, -0.2) is 14.2 Å². The minimum Gasteiger partial charge on any atom is -0.453 e. The molecule has 202 valence electrons. The number of halogens is 3. The number of hydrogen-bond acceptors (Lipinski definition) is 7. The number of aryl methyl sites for hydroxylation is 1. The number of aromatic amines is 1. The van der Waals surface area contributed by atoms with Gasteiger partial charge in [-0.2, -0.15) is 4.68 Å². The third-order valence-electron chi connectivity index (χ3n) is 6.65. The van der Waals surface area contributed by atoms with Gasteiger partial charge in [-0.1, -0.05) is 23.2 Å². The number of nitrogens with zero attached hydrogens (tertiary/aromatic N) is 6. The van der Waals surface area contributed by atoms with Gasteiger partial charge in [0.2, 0.25) is 0 Å². The molecule has 0 aliphatic carbocycles. The Bertz CT molecular complexity index is 1820. The number of amides is 1. The Hall–Kier alpha value is -4.55. The Balaban J connectivity index is 1.35. The van der Waals surface area contributed by atoms with Crippen LogP contribution < -0.4 is 10.9 Å². The highest BCUT2D eigenvalue weighted by molar-refractivity contribution is 6.32. The van der Waals surface area contributed by atoms with Gasteiger partial charge in [0.15, 0.2) is 0 Å². The van der Waals surface area contributed by atoms with Crippen LogP contribution in [-0.2, 0) is 11.2 Å². The van der Waals surface area contributed by atoms with Gasteiger partial charge in [-0.05, 0) is 71.3 Å². The molecule has 1 aliphatic rings. The first-order valence-corrected chi connectivity index (χ1v) is 12.8. The van der Waals surface area contributed by atoms with Crippen molar-refractivity contribution in [2.75, 3.05) is 12.4 Å². The second-order valence-corrected chi connectivity index (χ2v) is 9.82. The lowest BCUT2D eigenvalue weighted by Gasteiger charge is -2.15. The summed E-state index contributed by atoms with van der Waals surface area (Å²) >= 11 is 12.7. The van der Waals surface area contributed by atoms with Crippen molar-refractivity contribution in [1.82, 2.24) is 34.7 Å². The van der Waals surface area contributed by atoms with Crippen molar-refractivity contribution in [3.05, 3.63) is 92.7 Å². The molecular formula is C26H19Cl2FN8O3. The zero-order chi connectivity index (χ0) is 28.0. The van der Waals surface area contributed by atoms with Crippen LogP contribution in [0.4, 0.5) is 14.9 Å². The molecule has 0 fully saturated rings. The van der Waals surface area contributed by atoms with Crippen LogP contribution >= 0.6 is 23.2 Å². The van der Waals surface area contributed by atoms with E-state index in [0.29, 0.717) is 40.5 Å². The van der Waals surface area contributed by atoms with Gasteiger partial charge >= 0.3 is 6.09 Å². The van der Waals surface area contributed by atoms with Gasteiger partial charge in [-0.3, -0.25) is 10.1 Å². The van der Waals surface area contributed by atoms with Gasteiger partial charge in [0.1, 0.15) is 28.8 Å².